The Morgan fingerprint density at radius 3 is 2.61 bits per heavy atom. The maximum atomic E-state index is 6.25. The summed E-state index contributed by atoms with van der Waals surface area (Å²) >= 11 is 0. The first-order chi connectivity index (χ1) is 11.4. The Morgan fingerprint density at radius 2 is 1.78 bits per heavy atom. The van der Waals surface area contributed by atoms with Crippen molar-refractivity contribution in [2.45, 2.75) is 62.7 Å². The van der Waals surface area contributed by atoms with Crippen molar-refractivity contribution in [1.29, 1.82) is 0 Å². The number of rotatable bonds is 3. The Hall–Kier alpha value is -0.980. The van der Waals surface area contributed by atoms with Gasteiger partial charge in [-0.05, 0) is 38.5 Å². The summed E-state index contributed by atoms with van der Waals surface area (Å²) in [5.74, 6) is 2.65. The average molecular weight is 319 g/mol. The topological polar surface area (TPSA) is 60.6 Å². The molecule has 0 aromatic carbocycles. The van der Waals surface area contributed by atoms with Gasteiger partial charge in [-0.2, -0.15) is 0 Å². The number of nitrogens with zero attached hydrogens (tertiary/aromatic N) is 3. The largest absolute Gasteiger partial charge is 0.422 e. The Morgan fingerprint density at radius 1 is 0.957 bits per heavy atom. The molecule has 0 spiro atoms. The molecule has 3 saturated heterocycles. The van der Waals surface area contributed by atoms with Crippen LogP contribution in [0.15, 0.2) is 4.42 Å². The quantitative estimate of drug-likeness (QED) is 0.852. The van der Waals surface area contributed by atoms with Crippen LogP contribution in [0.2, 0.25) is 0 Å². The molecular formula is C17H25N3O3. The Labute approximate surface area is 136 Å². The van der Waals surface area contributed by atoms with Gasteiger partial charge in [0, 0.05) is 44.2 Å². The number of ether oxygens (including phenoxy) is 2. The third kappa shape index (κ3) is 2.81. The zero-order chi connectivity index (χ0) is 15.2. The normalized spacial score (nSPS) is 36.3. The smallest absolute Gasteiger partial charge is 0.245 e. The zero-order valence-corrected chi connectivity index (χ0v) is 13.5. The van der Waals surface area contributed by atoms with Crippen LogP contribution in [0.4, 0.5) is 0 Å². The van der Waals surface area contributed by atoms with Crippen molar-refractivity contribution in [3.63, 3.8) is 0 Å². The summed E-state index contributed by atoms with van der Waals surface area (Å²) in [6.07, 6.45) is 7.27. The lowest BCUT2D eigenvalue weighted by atomic mass is 9.91. The predicted octanol–water partition coefficient (Wildman–Crippen LogP) is 2.28. The van der Waals surface area contributed by atoms with Gasteiger partial charge in [-0.1, -0.05) is 0 Å². The maximum absolute atomic E-state index is 6.25. The molecule has 1 aliphatic carbocycles. The number of fused-ring (bicyclic) bond motifs is 1. The van der Waals surface area contributed by atoms with Crippen molar-refractivity contribution >= 4 is 0 Å². The summed E-state index contributed by atoms with van der Waals surface area (Å²) in [7, 11) is 0. The van der Waals surface area contributed by atoms with Gasteiger partial charge in [0.05, 0.1) is 6.10 Å². The van der Waals surface area contributed by atoms with Crippen molar-refractivity contribution in [2.24, 2.45) is 5.92 Å². The van der Waals surface area contributed by atoms with Gasteiger partial charge in [-0.25, -0.2) is 0 Å². The van der Waals surface area contributed by atoms with E-state index in [0.29, 0.717) is 29.9 Å². The van der Waals surface area contributed by atoms with Crippen LogP contribution in [0.3, 0.4) is 0 Å². The summed E-state index contributed by atoms with van der Waals surface area (Å²) in [4.78, 5) is 2.67. The molecule has 4 heterocycles. The van der Waals surface area contributed by atoms with Crippen LogP contribution in [0.25, 0.3) is 0 Å². The van der Waals surface area contributed by atoms with Gasteiger partial charge in [0.2, 0.25) is 11.8 Å². The highest BCUT2D eigenvalue weighted by atomic mass is 16.5. The molecule has 126 valence electrons. The molecule has 23 heavy (non-hydrogen) atoms. The second-order valence-corrected chi connectivity index (χ2v) is 7.54. The molecule has 1 saturated carbocycles. The molecule has 0 amide bonds. The highest BCUT2D eigenvalue weighted by molar-refractivity contribution is 5.03. The molecule has 6 heteroatoms. The van der Waals surface area contributed by atoms with Gasteiger partial charge in [-0.15, -0.1) is 10.2 Å². The molecule has 0 radical (unpaired) electrons. The predicted molar refractivity (Wildman–Crippen MR) is 82.0 cm³/mol. The fourth-order valence-corrected chi connectivity index (χ4v) is 4.40. The lowest BCUT2D eigenvalue weighted by Gasteiger charge is -2.40. The third-order valence-electron chi connectivity index (χ3n) is 5.92. The Bertz CT molecular complexity index is 553. The number of aromatic nitrogens is 2. The molecule has 0 N–H and O–H groups in total. The van der Waals surface area contributed by atoms with E-state index in [1.165, 1.54) is 25.7 Å². The minimum Gasteiger partial charge on any atom is -0.422 e. The van der Waals surface area contributed by atoms with Gasteiger partial charge in [-0.3, -0.25) is 4.90 Å². The highest BCUT2D eigenvalue weighted by Crippen LogP contribution is 2.43. The first-order valence-corrected chi connectivity index (χ1v) is 9.17. The van der Waals surface area contributed by atoms with Crippen LogP contribution in [0.1, 0.15) is 62.3 Å². The monoisotopic (exact) mass is 319 g/mol. The SMILES string of the molecule is C1CC(N2CC[C@@H]3O[C@@H](c4nnc(C5CC5)o4)C[C@H]3C2)CCO1. The highest BCUT2D eigenvalue weighted by Gasteiger charge is 2.43. The summed E-state index contributed by atoms with van der Waals surface area (Å²) in [6, 6.07) is 0.702. The van der Waals surface area contributed by atoms with E-state index >= 15 is 0 Å². The Balaban J connectivity index is 1.23. The van der Waals surface area contributed by atoms with Gasteiger partial charge in [0.25, 0.3) is 0 Å². The first-order valence-electron chi connectivity index (χ1n) is 9.17. The lowest BCUT2D eigenvalue weighted by Crippen LogP contribution is -2.48. The third-order valence-corrected chi connectivity index (χ3v) is 5.92. The van der Waals surface area contributed by atoms with E-state index in [1.54, 1.807) is 0 Å². The first kappa shape index (κ1) is 14.4. The van der Waals surface area contributed by atoms with E-state index in [-0.39, 0.29) is 6.10 Å². The summed E-state index contributed by atoms with van der Waals surface area (Å²) in [6.45, 7) is 4.13. The van der Waals surface area contributed by atoms with Crippen LogP contribution in [0.5, 0.6) is 0 Å². The average Bonchev–Trinajstić information content (AvgIpc) is 3.18. The van der Waals surface area contributed by atoms with Crippen LogP contribution < -0.4 is 0 Å². The molecule has 1 aromatic rings. The van der Waals surface area contributed by atoms with Gasteiger partial charge in [0.1, 0.15) is 6.10 Å². The van der Waals surface area contributed by atoms with E-state index in [9.17, 15) is 0 Å². The summed E-state index contributed by atoms with van der Waals surface area (Å²) < 4.78 is 17.6. The minimum absolute atomic E-state index is 0.0136. The van der Waals surface area contributed by atoms with Crippen molar-refractivity contribution in [3.05, 3.63) is 11.8 Å². The second-order valence-electron chi connectivity index (χ2n) is 7.54. The molecular weight excluding hydrogens is 294 g/mol. The van der Waals surface area contributed by atoms with Gasteiger partial charge < -0.3 is 13.9 Å². The molecule has 4 aliphatic rings. The number of hydrogen-bond donors (Lipinski definition) is 0. The number of likely N-dealkylation sites (tertiary alicyclic amines) is 1. The fraction of sp³-hybridized carbons (Fsp3) is 0.882. The molecule has 6 nitrogen and oxygen atoms in total. The summed E-state index contributed by atoms with van der Waals surface area (Å²) in [5.41, 5.74) is 0. The van der Waals surface area contributed by atoms with Crippen LogP contribution >= 0.6 is 0 Å². The second kappa shape index (κ2) is 5.83. The van der Waals surface area contributed by atoms with Gasteiger partial charge in [0.15, 0.2) is 0 Å². The molecule has 3 atom stereocenters. The molecule has 4 fully saturated rings. The summed E-state index contributed by atoms with van der Waals surface area (Å²) in [5, 5.41) is 8.46. The van der Waals surface area contributed by atoms with Crippen LogP contribution in [-0.4, -0.2) is 53.5 Å². The van der Waals surface area contributed by atoms with Crippen LogP contribution in [-0.2, 0) is 9.47 Å². The van der Waals surface area contributed by atoms with Crippen molar-refractivity contribution in [2.75, 3.05) is 26.3 Å². The molecule has 5 rings (SSSR count). The number of piperidine rings is 1. The van der Waals surface area contributed by atoms with E-state index in [4.69, 9.17) is 13.9 Å². The van der Waals surface area contributed by atoms with E-state index in [2.05, 4.69) is 15.1 Å². The zero-order valence-electron chi connectivity index (χ0n) is 13.5. The molecule has 3 aliphatic heterocycles. The molecule has 1 aromatic heterocycles. The minimum atomic E-state index is 0.0136. The van der Waals surface area contributed by atoms with Crippen molar-refractivity contribution in [3.8, 4) is 0 Å². The van der Waals surface area contributed by atoms with E-state index < -0.39 is 0 Å². The lowest BCUT2D eigenvalue weighted by molar-refractivity contribution is -0.0312. The van der Waals surface area contributed by atoms with Crippen LogP contribution in [0, 0.1) is 5.92 Å². The molecule has 0 bridgehead atoms. The molecule has 0 unspecified atom stereocenters. The maximum Gasteiger partial charge on any atom is 0.245 e. The standard InChI is InChI=1S/C17H25N3O3/c1-2-11(1)16-18-19-17(23-16)15-9-12-10-20(6-3-14(12)22-15)13-4-7-21-8-5-13/h11-15H,1-10H2/t12-,14-,15+/m0/s1. The number of hydrogen-bond acceptors (Lipinski definition) is 6. The van der Waals surface area contributed by atoms with E-state index in [0.717, 1.165) is 45.0 Å². The van der Waals surface area contributed by atoms with Crippen molar-refractivity contribution in [1.82, 2.24) is 15.1 Å². The van der Waals surface area contributed by atoms with Crippen molar-refractivity contribution < 1.29 is 13.9 Å². The van der Waals surface area contributed by atoms with E-state index in [1.807, 2.05) is 0 Å². The van der Waals surface area contributed by atoms with Gasteiger partial charge >= 0.3 is 0 Å². The Kier molecular flexibility index (Phi) is 3.64. The fourth-order valence-electron chi connectivity index (χ4n) is 4.40.